The monoisotopic (exact) mass is 318 g/mol. The van der Waals surface area contributed by atoms with Gasteiger partial charge in [0.2, 0.25) is 5.95 Å². The molecule has 3 aromatic rings. The van der Waals surface area contributed by atoms with Crippen LogP contribution in [0.25, 0.3) is 10.2 Å². The van der Waals surface area contributed by atoms with Crippen LogP contribution in [-0.4, -0.2) is 9.97 Å². The number of thiophene rings is 1. The zero-order chi connectivity index (χ0) is 15.0. The molecule has 0 saturated carbocycles. The van der Waals surface area contributed by atoms with Crippen LogP contribution < -0.4 is 11.1 Å². The van der Waals surface area contributed by atoms with E-state index in [0.717, 1.165) is 27.9 Å². The maximum Gasteiger partial charge on any atom is 0.223 e. The number of aromatic nitrogens is 2. The zero-order valence-corrected chi connectivity index (χ0v) is 13.3. The van der Waals surface area contributed by atoms with Crippen LogP contribution in [0.1, 0.15) is 17.4 Å². The van der Waals surface area contributed by atoms with E-state index in [4.69, 9.17) is 17.3 Å². The molecule has 0 aliphatic carbocycles. The second-order valence-electron chi connectivity index (χ2n) is 4.82. The van der Waals surface area contributed by atoms with Crippen LogP contribution in [0, 0.1) is 6.92 Å². The molecule has 0 spiro atoms. The van der Waals surface area contributed by atoms with Gasteiger partial charge in [-0.25, -0.2) is 4.98 Å². The van der Waals surface area contributed by atoms with Gasteiger partial charge >= 0.3 is 0 Å². The van der Waals surface area contributed by atoms with Gasteiger partial charge in [-0.15, -0.1) is 11.3 Å². The fraction of sp³-hybridized carbons (Fsp3) is 0.200. The van der Waals surface area contributed by atoms with Crippen molar-refractivity contribution in [3.63, 3.8) is 0 Å². The highest BCUT2D eigenvalue weighted by molar-refractivity contribution is 7.18. The lowest BCUT2D eigenvalue weighted by atomic mass is 10.2. The first-order valence-electron chi connectivity index (χ1n) is 6.66. The summed E-state index contributed by atoms with van der Waals surface area (Å²) in [5, 5.41) is 4.90. The fourth-order valence-corrected chi connectivity index (χ4v) is 3.36. The van der Waals surface area contributed by atoms with E-state index in [0.29, 0.717) is 10.8 Å². The molecule has 0 atom stereocenters. The van der Waals surface area contributed by atoms with Gasteiger partial charge in [-0.3, -0.25) is 0 Å². The molecule has 0 bridgehead atoms. The van der Waals surface area contributed by atoms with Gasteiger partial charge in [0, 0.05) is 4.88 Å². The second-order valence-corrected chi connectivity index (χ2v) is 6.35. The van der Waals surface area contributed by atoms with Gasteiger partial charge in [-0.1, -0.05) is 24.6 Å². The third kappa shape index (κ3) is 2.80. The Balaban J connectivity index is 2.08. The van der Waals surface area contributed by atoms with Crippen molar-refractivity contribution >= 4 is 50.6 Å². The summed E-state index contributed by atoms with van der Waals surface area (Å²) in [6.45, 7) is 4.12. The van der Waals surface area contributed by atoms with E-state index in [2.05, 4.69) is 28.3 Å². The Kier molecular flexibility index (Phi) is 3.69. The number of rotatable bonds is 3. The second kappa shape index (κ2) is 5.50. The first-order chi connectivity index (χ1) is 10.1. The van der Waals surface area contributed by atoms with E-state index in [9.17, 15) is 0 Å². The molecule has 4 nitrogen and oxygen atoms in total. The minimum absolute atomic E-state index is 0.262. The zero-order valence-electron chi connectivity index (χ0n) is 11.8. The molecule has 3 N–H and O–H groups in total. The number of anilines is 3. The Labute approximate surface area is 132 Å². The van der Waals surface area contributed by atoms with E-state index >= 15 is 0 Å². The van der Waals surface area contributed by atoms with Gasteiger partial charge in [0.1, 0.15) is 10.6 Å². The molecule has 1 aromatic carbocycles. The van der Waals surface area contributed by atoms with Gasteiger partial charge in [-0.2, -0.15) is 4.98 Å². The molecule has 0 aliphatic heterocycles. The maximum absolute atomic E-state index is 6.27. The Morgan fingerprint density at radius 1 is 1.29 bits per heavy atom. The summed E-state index contributed by atoms with van der Waals surface area (Å²) in [6.07, 6.45) is 0.964. The number of halogens is 1. The minimum atomic E-state index is 0.262. The van der Waals surface area contributed by atoms with Gasteiger partial charge in [0.05, 0.1) is 16.1 Å². The Bertz CT molecular complexity index is 813. The largest absolute Gasteiger partial charge is 0.368 e. The lowest BCUT2D eigenvalue weighted by molar-refractivity contribution is 1.19. The number of hydrogen-bond acceptors (Lipinski definition) is 5. The summed E-state index contributed by atoms with van der Waals surface area (Å²) in [5.74, 6) is 0.956. The highest BCUT2D eigenvalue weighted by atomic mass is 35.5. The fourth-order valence-electron chi connectivity index (χ4n) is 2.11. The van der Waals surface area contributed by atoms with Crippen LogP contribution in [0.5, 0.6) is 0 Å². The molecule has 0 fully saturated rings. The van der Waals surface area contributed by atoms with Gasteiger partial charge in [-0.05, 0) is 37.1 Å². The van der Waals surface area contributed by atoms with E-state index < -0.39 is 0 Å². The molecule has 2 aromatic heterocycles. The molecular formula is C15H15ClN4S. The Morgan fingerprint density at radius 3 is 2.81 bits per heavy atom. The number of hydrogen-bond donors (Lipinski definition) is 2. The van der Waals surface area contributed by atoms with Crippen LogP contribution >= 0.6 is 22.9 Å². The first-order valence-corrected chi connectivity index (χ1v) is 7.85. The molecule has 2 heterocycles. The standard InChI is InChI=1S/C15H15ClN4S/c1-3-9-7-10-13(19-15(17)20-14(10)21-9)18-12-5-4-8(2)6-11(12)16/h4-7H,3H2,1-2H3,(H3,17,18,19,20). The predicted octanol–water partition coefficient (Wildman–Crippen LogP) is 4.54. The van der Waals surface area contributed by atoms with Crippen molar-refractivity contribution in [3.8, 4) is 0 Å². The Morgan fingerprint density at radius 2 is 2.10 bits per heavy atom. The van der Waals surface area contributed by atoms with Gasteiger partial charge in [0.15, 0.2) is 0 Å². The molecule has 3 rings (SSSR count). The molecule has 0 amide bonds. The maximum atomic E-state index is 6.27. The molecule has 108 valence electrons. The summed E-state index contributed by atoms with van der Waals surface area (Å²) in [7, 11) is 0. The van der Waals surface area contributed by atoms with Crippen molar-refractivity contribution in [2.45, 2.75) is 20.3 Å². The lowest BCUT2D eigenvalue weighted by Crippen LogP contribution is -2.00. The SMILES string of the molecule is CCc1cc2c(Nc3ccc(C)cc3Cl)nc(N)nc2s1. The predicted molar refractivity (Wildman–Crippen MR) is 90.7 cm³/mol. The van der Waals surface area contributed by atoms with E-state index in [1.807, 2.05) is 25.1 Å². The number of benzene rings is 1. The summed E-state index contributed by atoms with van der Waals surface area (Å²) in [5.41, 5.74) is 7.73. The van der Waals surface area contributed by atoms with Crippen molar-refractivity contribution in [1.82, 2.24) is 9.97 Å². The van der Waals surface area contributed by atoms with Crippen LogP contribution in [0.15, 0.2) is 24.3 Å². The van der Waals surface area contributed by atoms with Gasteiger partial charge < -0.3 is 11.1 Å². The number of nitrogens with zero attached hydrogens (tertiary/aromatic N) is 2. The van der Waals surface area contributed by atoms with Crippen LogP contribution in [0.2, 0.25) is 5.02 Å². The van der Waals surface area contributed by atoms with E-state index in [1.54, 1.807) is 11.3 Å². The molecule has 21 heavy (non-hydrogen) atoms. The molecule has 0 unspecified atom stereocenters. The van der Waals surface area contributed by atoms with Crippen molar-refractivity contribution in [3.05, 3.63) is 39.7 Å². The molecule has 0 radical (unpaired) electrons. The van der Waals surface area contributed by atoms with Crippen molar-refractivity contribution in [2.24, 2.45) is 0 Å². The molecular weight excluding hydrogens is 304 g/mol. The first kappa shape index (κ1) is 14.1. The third-order valence-electron chi connectivity index (χ3n) is 3.19. The topological polar surface area (TPSA) is 63.8 Å². The van der Waals surface area contributed by atoms with Gasteiger partial charge in [0.25, 0.3) is 0 Å². The average Bonchev–Trinajstić information content (AvgIpc) is 2.85. The summed E-state index contributed by atoms with van der Waals surface area (Å²) in [4.78, 5) is 10.8. The number of nitrogens with two attached hydrogens (primary N) is 1. The third-order valence-corrected chi connectivity index (χ3v) is 4.67. The van der Waals surface area contributed by atoms with E-state index in [1.165, 1.54) is 4.88 Å². The smallest absolute Gasteiger partial charge is 0.223 e. The van der Waals surface area contributed by atoms with Crippen molar-refractivity contribution < 1.29 is 0 Å². The van der Waals surface area contributed by atoms with Crippen LogP contribution in [0.3, 0.4) is 0 Å². The highest BCUT2D eigenvalue weighted by Gasteiger charge is 2.11. The summed E-state index contributed by atoms with van der Waals surface area (Å²) >= 11 is 7.91. The number of fused-ring (bicyclic) bond motifs is 1. The van der Waals surface area contributed by atoms with Crippen LogP contribution in [0.4, 0.5) is 17.5 Å². The highest BCUT2D eigenvalue weighted by Crippen LogP contribution is 2.33. The van der Waals surface area contributed by atoms with Crippen LogP contribution in [-0.2, 0) is 6.42 Å². The summed E-state index contributed by atoms with van der Waals surface area (Å²) in [6, 6.07) is 7.95. The van der Waals surface area contributed by atoms with E-state index in [-0.39, 0.29) is 5.95 Å². The number of nitrogen functional groups attached to an aromatic ring is 1. The minimum Gasteiger partial charge on any atom is -0.368 e. The average molecular weight is 319 g/mol. The molecule has 6 heteroatoms. The number of aryl methyl sites for hydroxylation is 2. The van der Waals surface area contributed by atoms with Crippen molar-refractivity contribution in [2.75, 3.05) is 11.1 Å². The quantitative estimate of drug-likeness (QED) is 0.744. The molecule has 0 saturated heterocycles. The number of nitrogens with one attached hydrogen (secondary N) is 1. The lowest BCUT2D eigenvalue weighted by Gasteiger charge is -2.09. The molecule has 0 aliphatic rings. The van der Waals surface area contributed by atoms with Crippen molar-refractivity contribution in [1.29, 1.82) is 0 Å². The summed E-state index contributed by atoms with van der Waals surface area (Å²) < 4.78 is 0. The normalized spacial score (nSPS) is 11.0. The Hall–Kier alpha value is -1.85.